The highest BCUT2D eigenvalue weighted by Crippen LogP contribution is 2.22. The predicted molar refractivity (Wildman–Crippen MR) is 67.0 cm³/mol. The molecule has 6 heteroatoms. The smallest absolute Gasteiger partial charge is 0.260 e. The van der Waals surface area contributed by atoms with Gasteiger partial charge in [-0.1, -0.05) is 35.5 Å². The minimum atomic E-state index is -0.925. The second-order valence-corrected chi connectivity index (χ2v) is 4.14. The van der Waals surface area contributed by atoms with Gasteiger partial charge in [-0.2, -0.15) is 10.1 Å². The average Bonchev–Trinajstić information content (AvgIpc) is 3.07. The number of rotatable bonds is 3. The van der Waals surface area contributed by atoms with Gasteiger partial charge in [0.15, 0.2) is 6.10 Å². The van der Waals surface area contributed by atoms with Gasteiger partial charge < -0.3 is 9.63 Å². The lowest BCUT2D eigenvalue weighted by Gasteiger charge is -2.04. The molecular formula is C13H12N4O2. The Kier molecular flexibility index (Phi) is 2.85. The summed E-state index contributed by atoms with van der Waals surface area (Å²) in [7, 11) is 1.81. The van der Waals surface area contributed by atoms with E-state index in [1.807, 2.05) is 25.2 Å². The summed E-state index contributed by atoms with van der Waals surface area (Å²) in [5, 5.41) is 18.1. The minimum absolute atomic E-state index is 0.159. The van der Waals surface area contributed by atoms with E-state index in [1.165, 1.54) is 0 Å². The van der Waals surface area contributed by atoms with Crippen LogP contribution >= 0.6 is 0 Å². The number of hydrogen-bond acceptors (Lipinski definition) is 5. The molecule has 1 unspecified atom stereocenters. The number of aliphatic hydroxyl groups excluding tert-OH is 1. The van der Waals surface area contributed by atoms with Crippen LogP contribution in [0, 0.1) is 0 Å². The van der Waals surface area contributed by atoms with Crippen LogP contribution in [0.1, 0.15) is 17.6 Å². The molecule has 3 rings (SSSR count). The van der Waals surface area contributed by atoms with Gasteiger partial charge in [0, 0.05) is 13.2 Å². The highest BCUT2D eigenvalue weighted by molar-refractivity contribution is 5.46. The van der Waals surface area contributed by atoms with Crippen molar-refractivity contribution in [3.8, 4) is 11.5 Å². The summed E-state index contributed by atoms with van der Waals surface area (Å²) < 4.78 is 6.74. The third-order valence-electron chi connectivity index (χ3n) is 2.73. The lowest BCUT2D eigenvalue weighted by Crippen LogP contribution is -1.99. The summed E-state index contributed by atoms with van der Waals surface area (Å²) in [5.74, 6) is 0.525. The lowest BCUT2D eigenvalue weighted by atomic mass is 10.1. The summed E-state index contributed by atoms with van der Waals surface area (Å²) >= 11 is 0. The van der Waals surface area contributed by atoms with E-state index in [0.717, 1.165) is 0 Å². The largest absolute Gasteiger partial charge is 0.378 e. The van der Waals surface area contributed by atoms with Gasteiger partial charge in [0.25, 0.3) is 5.89 Å². The molecule has 0 saturated heterocycles. The van der Waals surface area contributed by atoms with Crippen LogP contribution in [-0.2, 0) is 7.05 Å². The summed E-state index contributed by atoms with van der Waals surface area (Å²) in [6, 6.07) is 10.9. The first-order valence-corrected chi connectivity index (χ1v) is 5.80. The van der Waals surface area contributed by atoms with E-state index >= 15 is 0 Å². The Hall–Kier alpha value is -2.47. The predicted octanol–water partition coefficient (Wildman–Crippen LogP) is 1.55. The third kappa shape index (κ3) is 2.25. The van der Waals surface area contributed by atoms with Crippen LogP contribution < -0.4 is 0 Å². The van der Waals surface area contributed by atoms with Crippen molar-refractivity contribution >= 4 is 0 Å². The first-order valence-electron chi connectivity index (χ1n) is 5.80. The monoisotopic (exact) mass is 256 g/mol. The molecule has 96 valence electrons. The zero-order valence-electron chi connectivity index (χ0n) is 10.3. The number of aromatic nitrogens is 4. The van der Waals surface area contributed by atoms with Crippen molar-refractivity contribution in [2.45, 2.75) is 6.10 Å². The molecule has 0 amide bonds. The van der Waals surface area contributed by atoms with Gasteiger partial charge >= 0.3 is 0 Å². The van der Waals surface area contributed by atoms with Gasteiger partial charge in [0.1, 0.15) is 5.69 Å². The van der Waals surface area contributed by atoms with Crippen LogP contribution in [-0.4, -0.2) is 25.0 Å². The van der Waals surface area contributed by atoms with E-state index in [9.17, 15) is 5.11 Å². The van der Waals surface area contributed by atoms with Crippen molar-refractivity contribution in [1.82, 2.24) is 19.9 Å². The molecule has 0 aliphatic heterocycles. The van der Waals surface area contributed by atoms with Crippen molar-refractivity contribution in [1.29, 1.82) is 0 Å². The van der Waals surface area contributed by atoms with Crippen LogP contribution in [0.2, 0.25) is 0 Å². The maximum absolute atomic E-state index is 10.1. The van der Waals surface area contributed by atoms with E-state index in [2.05, 4.69) is 15.2 Å². The van der Waals surface area contributed by atoms with E-state index in [0.29, 0.717) is 17.1 Å². The van der Waals surface area contributed by atoms with Crippen molar-refractivity contribution in [3.63, 3.8) is 0 Å². The molecule has 1 atom stereocenters. The summed E-state index contributed by atoms with van der Waals surface area (Å²) in [6.45, 7) is 0. The molecule has 1 N–H and O–H groups in total. The molecule has 19 heavy (non-hydrogen) atoms. The van der Waals surface area contributed by atoms with Gasteiger partial charge in [0.2, 0.25) is 5.82 Å². The SMILES string of the molecule is Cn1ccc(-c2noc(C(O)c3ccccc3)n2)n1. The maximum atomic E-state index is 10.1. The number of aryl methyl sites for hydroxylation is 1. The molecule has 0 aliphatic carbocycles. The molecule has 0 bridgehead atoms. The van der Waals surface area contributed by atoms with E-state index < -0.39 is 6.10 Å². The molecule has 0 spiro atoms. The highest BCUT2D eigenvalue weighted by Gasteiger charge is 2.19. The van der Waals surface area contributed by atoms with Crippen molar-refractivity contribution in [2.24, 2.45) is 7.05 Å². The number of benzene rings is 1. The fourth-order valence-corrected chi connectivity index (χ4v) is 1.76. The van der Waals surface area contributed by atoms with Crippen LogP contribution in [0.4, 0.5) is 0 Å². The Morgan fingerprint density at radius 2 is 2.00 bits per heavy atom. The van der Waals surface area contributed by atoms with E-state index in [1.54, 1.807) is 29.1 Å². The Morgan fingerprint density at radius 1 is 1.21 bits per heavy atom. The summed E-state index contributed by atoms with van der Waals surface area (Å²) in [5.41, 5.74) is 1.32. The zero-order chi connectivity index (χ0) is 13.2. The van der Waals surface area contributed by atoms with Gasteiger partial charge in [-0.15, -0.1) is 0 Å². The molecule has 0 fully saturated rings. The lowest BCUT2D eigenvalue weighted by molar-refractivity contribution is 0.170. The third-order valence-corrected chi connectivity index (χ3v) is 2.73. The standard InChI is InChI=1S/C13H12N4O2/c1-17-8-7-10(15-17)12-14-13(19-16-12)11(18)9-5-3-2-4-6-9/h2-8,11,18H,1H3. The van der Waals surface area contributed by atoms with Crippen molar-refractivity contribution in [3.05, 3.63) is 54.0 Å². The quantitative estimate of drug-likeness (QED) is 0.769. The highest BCUT2D eigenvalue weighted by atomic mass is 16.5. The van der Waals surface area contributed by atoms with Crippen LogP contribution in [0.25, 0.3) is 11.5 Å². The van der Waals surface area contributed by atoms with Crippen LogP contribution in [0.5, 0.6) is 0 Å². The number of nitrogens with zero attached hydrogens (tertiary/aromatic N) is 4. The molecule has 0 saturated carbocycles. The molecule has 1 aromatic carbocycles. The van der Waals surface area contributed by atoms with Crippen LogP contribution in [0.3, 0.4) is 0 Å². The molecule has 0 radical (unpaired) electrons. The minimum Gasteiger partial charge on any atom is -0.378 e. The van der Waals surface area contributed by atoms with Crippen molar-refractivity contribution in [2.75, 3.05) is 0 Å². The van der Waals surface area contributed by atoms with Gasteiger partial charge in [-0.3, -0.25) is 4.68 Å². The van der Waals surface area contributed by atoms with Crippen LogP contribution in [0.15, 0.2) is 47.1 Å². The summed E-state index contributed by atoms with van der Waals surface area (Å²) in [6.07, 6.45) is 0.866. The molecule has 6 nitrogen and oxygen atoms in total. The number of hydrogen-bond donors (Lipinski definition) is 1. The van der Waals surface area contributed by atoms with E-state index in [-0.39, 0.29) is 5.89 Å². The normalized spacial score (nSPS) is 12.5. The first-order chi connectivity index (χ1) is 9.24. The Bertz CT molecular complexity index is 675. The fraction of sp³-hybridized carbons (Fsp3) is 0.154. The molecular weight excluding hydrogens is 244 g/mol. The first kappa shape index (κ1) is 11.6. The topological polar surface area (TPSA) is 77.0 Å². The molecule has 3 aromatic rings. The Morgan fingerprint density at radius 3 is 2.68 bits per heavy atom. The maximum Gasteiger partial charge on any atom is 0.260 e. The number of aliphatic hydroxyl groups is 1. The average molecular weight is 256 g/mol. The zero-order valence-corrected chi connectivity index (χ0v) is 10.3. The second-order valence-electron chi connectivity index (χ2n) is 4.14. The summed E-state index contributed by atoms with van der Waals surface area (Å²) in [4.78, 5) is 4.17. The Balaban J connectivity index is 1.89. The molecule has 2 aromatic heterocycles. The molecule has 0 aliphatic rings. The van der Waals surface area contributed by atoms with Crippen molar-refractivity contribution < 1.29 is 9.63 Å². The van der Waals surface area contributed by atoms with Gasteiger partial charge in [-0.05, 0) is 11.6 Å². The second kappa shape index (κ2) is 4.66. The fourth-order valence-electron chi connectivity index (χ4n) is 1.76. The van der Waals surface area contributed by atoms with E-state index in [4.69, 9.17) is 4.52 Å². The Labute approximate surface area is 109 Å². The molecule has 2 heterocycles. The van der Waals surface area contributed by atoms with Gasteiger partial charge in [0.05, 0.1) is 0 Å². The van der Waals surface area contributed by atoms with Gasteiger partial charge in [-0.25, -0.2) is 0 Å².